The predicted molar refractivity (Wildman–Crippen MR) is 65.8 cm³/mol. The van der Waals surface area contributed by atoms with Gasteiger partial charge in [-0.2, -0.15) is 0 Å². The van der Waals surface area contributed by atoms with Crippen LogP contribution < -0.4 is 5.73 Å². The first kappa shape index (κ1) is 12.5. The Balaban J connectivity index is 0.00000128. The Morgan fingerprint density at radius 1 is 1.12 bits per heavy atom. The van der Waals surface area contributed by atoms with E-state index in [1.807, 2.05) is 36.4 Å². The maximum absolute atomic E-state index is 10.7. The Hall–Kier alpha value is -1.58. The van der Waals surface area contributed by atoms with Crippen LogP contribution >= 0.6 is 12.4 Å². The summed E-state index contributed by atoms with van der Waals surface area (Å²) in [6.45, 7) is 0. The second-order valence-electron chi connectivity index (χ2n) is 3.42. The van der Waals surface area contributed by atoms with Crippen LogP contribution in [0.15, 0.2) is 42.5 Å². The number of benzene rings is 2. The van der Waals surface area contributed by atoms with E-state index in [0.717, 1.165) is 10.8 Å². The second kappa shape index (κ2) is 4.96. The first-order chi connectivity index (χ1) is 7.18. The van der Waals surface area contributed by atoms with Gasteiger partial charge in [-0.15, -0.1) is 12.4 Å². The number of hydrogen-bond donors (Lipinski definition) is 2. The Morgan fingerprint density at radius 3 is 2.38 bits per heavy atom. The highest BCUT2D eigenvalue weighted by molar-refractivity contribution is 5.85. The third-order valence-corrected chi connectivity index (χ3v) is 2.40. The molecule has 1 atom stereocenters. The molecule has 0 aliphatic carbocycles. The summed E-state index contributed by atoms with van der Waals surface area (Å²) < 4.78 is 0. The first-order valence-electron chi connectivity index (χ1n) is 4.65. The Bertz CT molecular complexity index is 513. The number of carboxylic acid groups (broad SMARTS) is 1. The molecular weight excluding hydrogens is 226 g/mol. The van der Waals surface area contributed by atoms with Gasteiger partial charge in [0.1, 0.15) is 6.04 Å². The Kier molecular flexibility index (Phi) is 3.88. The quantitative estimate of drug-likeness (QED) is 0.843. The molecule has 0 saturated heterocycles. The van der Waals surface area contributed by atoms with Crippen molar-refractivity contribution in [1.29, 1.82) is 0 Å². The molecule has 0 aliphatic rings. The fourth-order valence-electron chi connectivity index (χ4n) is 1.54. The van der Waals surface area contributed by atoms with Crippen molar-refractivity contribution in [3.05, 3.63) is 48.0 Å². The van der Waals surface area contributed by atoms with E-state index in [9.17, 15) is 4.79 Å². The lowest BCUT2D eigenvalue weighted by atomic mass is 10.0. The van der Waals surface area contributed by atoms with Gasteiger partial charge in [-0.1, -0.05) is 36.4 Å². The molecular formula is C12H12ClNO2. The third-order valence-electron chi connectivity index (χ3n) is 2.40. The summed E-state index contributed by atoms with van der Waals surface area (Å²) in [6, 6.07) is 12.3. The molecule has 0 radical (unpaired) electrons. The number of halogens is 1. The maximum atomic E-state index is 10.7. The molecule has 2 aromatic rings. The van der Waals surface area contributed by atoms with Crippen LogP contribution in [0.25, 0.3) is 10.8 Å². The van der Waals surface area contributed by atoms with Crippen LogP contribution in [0.2, 0.25) is 0 Å². The molecule has 84 valence electrons. The fourth-order valence-corrected chi connectivity index (χ4v) is 1.54. The van der Waals surface area contributed by atoms with E-state index < -0.39 is 12.0 Å². The van der Waals surface area contributed by atoms with E-state index in [1.165, 1.54) is 0 Å². The third kappa shape index (κ3) is 2.32. The van der Waals surface area contributed by atoms with Crippen molar-refractivity contribution in [1.82, 2.24) is 0 Å². The fraction of sp³-hybridized carbons (Fsp3) is 0.0833. The van der Waals surface area contributed by atoms with E-state index in [1.54, 1.807) is 6.07 Å². The van der Waals surface area contributed by atoms with Crippen LogP contribution in [-0.4, -0.2) is 11.1 Å². The van der Waals surface area contributed by atoms with Crippen LogP contribution in [0, 0.1) is 0 Å². The molecule has 0 heterocycles. The van der Waals surface area contributed by atoms with Gasteiger partial charge in [0, 0.05) is 0 Å². The average molecular weight is 238 g/mol. The molecule has 2 aromatic carbocycles. The molecule has 0 amide bonds. The SMILES string of the molecule is Cl.N[C@H](C(=O)O)c1ccc2ccccc2c1. The summed E-state index contributed by atoms with van der Waals surface area (Å²) in [7, 11) is 0. The minimum atomic E-state index is -1.01. The van der Waals surface area contributed by atoms with Crippen molar-refractivity contribution >= 4 is 29.1 Å². The Labute approximate surface area is 99.3 Å². The first-order valence-corrected chi connectivity index (χ1v) is 4.65. The molecule has 3 nitrogen and oxygen atoms in total. The number of fused-ring (bicyclic) bond motifs is 1. The van der Waals surface area contributed by atoms with Gasteiger partial charge in [-0.3, -0.25) is 4.79 Å². The summed E-state index contributed by atoms with van der Waals surface area (Å²) in [4.78, 5) is 10.7. The van der Waals surface area contributed by atoms with Crippen molar-refractivity contribution in [3.63, 3.8) is 0 Å². The Morgan fingerprint density at radius 2 is 1.75 bits per heavy atom. The van der Waals surface area contributed by atoms with Crippen LogP contribution in [0.1, 0.15) is 11.6 Å². The van der Waals surface area contributed by atoms with Gasteiger partial charge in [0.2, 0.25) is 0 Å². The van der Waals surface area contributed by atoms with Gasteiger partial charge in [-0.25, -0.2) is 0 Å². The van der Waals surface area contributed by atoms with Crippen molar-refractivity contribution in [3.8, 4) is 0 Å². The lowest BCUT2D eigenvalue weighted by molar-refractivity contribution is -0.138. The zero-order valence-electron chi connectivity index (χ0n) is 8.46. The molecule has 0 unspecified atom stereocenters. The molecule has 0 aliphatic heterocycles. The largest absolute Gasteiger partial charge is 0.480 e. The molecule has 0 bridgehead atoms. The number of nitrogens with two attached hydrogens (primary N) is 1. The number of carboxylic acids is 1. The van der Waals surface area contributed by atoms with E-state index >= 15 is 0 Å². The van der Waals surface area contributed by atoms with E-state index in [0.29, 0.717) is 5.56 Å². The van der Waals surface area contributed by atoms with Gasteiger partial charge in [0.15, 0.2) is 0 Å². The second-order valence-corrected chi connectivity index (χ2v) is 3.42. The maximum Gasteiger partial charge on any atom is 0.325 e. The predicted octanol–water partition coefficient (Wildman–Crippen LogP) is 2.35. The van der Waals surface area contributed by atoms with Crippen molar-refractivity contribution in [2.75, 3.05) is 0 Å². The number of aliphatic carboxylic acids is 1. The molecule has 0 spiro atoms. The van der Waals surface area contributed by atoms with Gasteiger partial charge in [0.25, 0.3) is 0 Å². The van der Waals surface area contributed by atoms with E-state index in [-0.39, 0.29) is 12.4 Å². The molecule has 2 rings (SSSR count). The van der Waals surface area contributed by atoms with Crippen molar-refractivity contribution in [2.24, 2.45) is 5.73 Å². The normalized spacial score (nSPS) is 11.8. The van der Waals surface area contributed by atoms with Crippen LogP contribution in [-0.2, 0) is 4.79 Å². The topological polar surface area (TPSA) is 63.3 Å². The minimum Gasteiger partial charge on any atom is -0.480 e. The highest BCUT2D eigenvalue weighted by atomic mass is 35.5. The van der Waals surface area contributed by atoms with Crippen LogP contribution in [0.5, 0.6) is 0 Å². The minimum absolute atomic E-state index is 0. The summed E-state index contributed by atoms with van der Waals surface area (Å²) in [5, 5.41) is 10.9. The molecule has 4 heteroatoms. The molecule has 16 heavy (non-hydrogen) atoms. The number of carbonyl (C=O) groups is 1. The summed E-state index contributed by atoms with van der Waals surface area (Å²) >= 11 is 0. The summed E-state index contributed by atoms with van der Waals surface area (Å²) in [5.41, 5.74) is 6.16. The average Bonchev–Trinajstić information content (AvgIpc) is 2.27. The van der Waals surface area contributed by atoms with Crippen molar-refractivity contribution < 1.29 is 9.90 Å². The molecule has 0 fully saturated rings. The zero-order valence-corrected chi connectivity index (χ0v) is 9.28. The van der Waals surface area contributed by atoms with Crippen molar-refractivity contribution in [2.45, 2.75) is 6.04 Å². The number of hydrogen-bond acceptors (Lipinski definition) is 2. The van der Waals surface area contributed by atoms with Crippen LogP contribution in [0.3, 0.4) is 0 Å². The van der Waals surface area contributed by atoms with Gasteiger partial charge in [-0.05, 0) is 22.4 Å². The lowest BCUT2D eigenvalue weighted by Gasteiger charge is -2.07. The van der Waals surface area contributed by atoms with Gasteiger partial charge >= 0.3 is 5.97 Å². The standard InChI is InChI=1S/C12H11NO2.ClH/c13-11(12(14)15)10-6-5-8-3-1-2-4-9(8)7-10;/h1-7,11H,13H2,(H,14,15);1H/t11-;/m0./s1. The van der Waals surface area contributed by atoms with Gasteiger partial charge < -0.3 is 10.8 Å². The monoisotopic (exact) mass is 237 g/mol. The van der Waals surface area contributed by atoms with Crippen LogP contribution in [0.4, 0.5) is 0 Å². The summed E-state index contributed by atoms with van der Waals surface area (Å²) in [5.74, 6) is -1.01. The van der Waals surface area contributed by atoms with E-state index in [2.05, 4.69) is 0 Å². The van der Waals surface area contributed by atoms with Gasteiger partial charge in [0.05, 0.1) is 0 Å². The smallest absolute Gasteiger partial charge is 0.325 e. The van der Waals surface area contributed by atoms with E-state index in [4.69, 9.17) is 10.8 Å². The molecule has 3 N–H and O–H groups in total. The summed E-state index contributed by atoms with van der Waals surface area (Å²) in [6.07, 6.45) is 0. The highest BCUT2D eigenvalue weighted by Crippen LogP contribution is 2.19. The molecule has 0 saturated carbocycles. The molecule has 0 aromatic heterocycles. The zero-order chi connectivity index (χ0) is 10.8. The highest BCUT2D eigenvalue weighted by Gasteiger charge is 2.13. The number of rotatable bonds is 2. The lowest BCUT2D eigenvalue weighted by Crippen LogP contribution is -2.20.